The number of nitrogens with zero attached hydrogens (tertiary/aromatic N) is 4. The number of fused-ring (bicyclic) bond motifs is 6. The van der Waals surface area contributed by atoms with Crippen LogP contribution in [0.25, 0.3) is 21.5 Å². The van der Waals surface area contributed by atoms with Gasteiger partial charge in [-0.05, 0) is 110 Å². The summed E-state index contributed by atoms with van der Waals surface area (Å²) in [4.78, 5) is 42.1. The molecule has 1 aliphatic carbocycles. The Morgan fingerprint density at radius 1 is 0.678 bits per heavy atom. The van der Waals surface area contributed by atoms with Crippen molar-refractivity contribution in [3.8, 4) is 0 Å². The highest BCUT2D eigenvalue weighted by molar-refractivity contribution is 8.04. The minimum Gasteiger partial charge on any atom is -0.344 e. The summed E-state index contributed by atoms with van der Waals surface area (Å²) >= 11 is 1.14. The number of carbonyl (C=O) groups is 3. The Labute approximate surface area is 509 Å². The number of hydrogen-bond donors (Lipinski definition) is 5. The van der Waals surface area contributed by atoms with Crippen LogP contribution >= 0.6 is 11.8 Å². The number of anilines is 1. The van der Waals surface area contributed by atoms with Crippen LogP contribution in [-0.2, 0) is 90.7 Å². The van der Waals surface area contributed by atoms with Crippen LogP contribution in [0.4, 0.5) is 11.4 Å². The molecule has 1 saturated heterocycles. The second kappa shape index (κ2) is 24.9. The summed E-state index contributed by atoms with van der Waals surface area (Å²) in [6.07, 6.45) is 7.86. The number of amides is 2. The van der Waals surface area contributed by atoms with Gasteiger partial charge in [-0.3, -0.25) is 32.4 Å². The molecule has 32 heteroatoms. The zero-order chi connectivity index (χ0) is 64.2. The largest absolute Gasteiger partial charge is 0.344 e. The molecule has 8 rings (SSSR count). The number of allylic oxidation sites excluding steroid dienone is 7. The van der Waals surface area contributed by atoms with Gasteiger partial charge in [-0.15, -0.1) is 16.8 Å². The van der Waals surface area contributed by atoms with Gasteiger partial charge in [-0.2, -0.15) is 46.7 Å². The molecule has 4 aromatic carbocycles. The minimum absolute atomic E-state index is 0.0129. The lowest BCUT2D eigenvalue weighted by Gasteiger charge is -2.27. The fraction of sp³-hybridized carbons (Fsp3) is 0.418. The van der Waals surface area contributed by atoms with E-state index in [1.807, 2.05) is 30.9 Å². The highest BCUT2D eigenvalue weighted by atomic mass is 32.2. The fourth-order valence-electron chi connectivity index (χ4n) is 11.7. The molecule has 0 unspecified atom stereocenters. The molecule has 87 heavy (non-hydrogen) atoms. The van der Waals surface area contributed by atoms with E-state index in [0.717, 1.165) is 22.1 Å². The zero-order valence-electron chi connectivity index (χ0n) is 47.7. The number of thioether (sulfide) groups is 1. The van der Waals surface area contributed by atoms with E-state index in [0.29, 0.717) is 91.1 Å². The fourth-order valence-corrected chi connectivity index (χ4v) is 17.5. The van der Waals surface area contributed by atoms with E-state index in [4.69, 9.17) is 4.84 Å². The number of imide groups is 1. The molecule has 0 saturated carbocycles. The number of rotatable bonds is 24. The van der Waals surface area contributed by atoms with Gasteiger partial charge in [-0.1, -0.05) is 44.2 Å². The summed E-state index contributed by atoms with van der Waals surface area (Å²) in [5, 5.41) is 1.20. The monoisotopic (exact) mass is 1340 g/mol. The first kappa shape index (κ1) is 67.2. The van der Waals surface area contributed by atoms with Gasteiger partial charge in [0.05, 0.1) is 32.5 Å². The van der Waals surface area contributed by atoms with E-state index in [2.05, 4.69) is 0 Å². The Morgan fingerprint density at radius 3 is 1.94 bits per heavy atom. The molecule has 0 bridgehead atoms. The van der Waals surface area contributed by atoms with Crippen LogP contribution in [0.15, 0.2) is 115 Å². The third-order valence-electron chi connectivity index (χ3n) is 15.6. The summed E-state index contributed by atoms with van der Waals surface area (Å²) in [5.41, 5.74) is 2.28. The van der Waals surface area contributed by atoms with Crippen molar-refractivity contribution in [2.45, 2.75) is 111 Å². The second-order valence-electron chi connectivity index (χ2n) is 22.3. The highest BCUT2D eigenvalue weighted by Gasteiger charge is 2.47. The highest BCUT2D eigenvalue weighted by Crippen LogP contribution is 2.52. The predicted octanol–water partition coefficient (Wildman–Crippen LogP) is 6.65. The molecule has 4 aromatic rings. The quantitative estimate of drug-likeness (QED) is 0.0278. The lowest BCUT2D eigenvalue weighted by molar-refractivity contribution is -0.437. The lowest BCUT2D eigenvalue weighted by Crippen LogP contribution is -2.32. The van der Waals surface area contributed by atoms with Crippen LogP contribution < -0.4 is 4.90 Å². The van der Waals surface area contributed by atoms with Crippen molar-refractivity contribution < 1.29 is 97.1 Å². The molecular weight excluding hydrogens is 1280 g/mol. The van der Waals surface area contributed by atoms with Crippen LogP contribution in [0.1, 0.15) is 96.6 Å². The van der Waals surface area contributed by atoms with Crippen molar-refractivity contribution in [3.63, 3.8) is 0 Å². The average Bonchev–Trinajstić information content (AvgIpc) is 1.62. The Hall–Kier alpha value is -5.75. The Morgan fingerprint density at radius 2 is 1.31 bits per heavy atom. The predicted molar refractivity (Wildman–Crippen MR) is 324 cm³/mol. The molecule has 2 amide bonds. The first-order valence-corrected chi connectivity index (χ1v) is 37.2. The number of benzene rings is 4. The summed E-state index contributed by atoms with van der Waals surface area (Å²) in [7, 11) is -26.4. The van der Waals surface area contributed by atoms with Gasteiger partial charge in [0.2, 0.25) is 15.7 Å². The first-order chi connectivity index (χ1) is 40.2. The topological polar surface area (TPSA) is 379 Å². The maximum Gasteiger partial charge on any atom is 0.333 e. The summed E-state index contributed by atoms with van der Waals surface area (Å²) in [5.74, 6) is -4.22. The standard InChI is InChI=1S/C55H64N4O21S7/c1-54(2)46(57(27-9-30-82(63,64)65)42-20-18-38-40(51(42)54)13-7-14-44(38)85(72,73)56(5)26-8-15-50(62)80-59-48(60)24-25-49(59)61)22-16-35-11-6-12-36(53(35)81-29-32-84(69,70)71)17-23-47-55(3,4)52-41-33-37(86(74,75)76)34-45(87(77,78)79)39(41)19-21-43(52)58(47)28-10-31-83(66,67)68/h7,13-14,16-23,33-34H,6,8-12,15,24-32H2,1-5H3,(H4-,63,64,65,66,67,68,69,70,71,74,75,76,77,78,79)/p+1. The molecule has 3 heterocycles. The summed E-state index contributed by atoms with van der Waals surface area (Å²) in [6.45, 7) is 7.12. The van der Waals surface area contributed by atoms with Gasteiger partial charge in [0.1, 0.15) is 11.4 Å². The molecule has 4 aliphatic rings. The molecule has 0 spiro atoms. The zero-order valence-corrected chi connectivity index (χ0v) is 53.4. The van der Waals surface area contributed by atoms with Crippen molar-refractivity contribution in [3.05, 3.63) is 112 Å². The van der Waals surface area contributed by atoms with E-state index < -0.39 is 116 Å². The third-order valence-corrected chi connectivity index (χ3v) is 23.0. The molecule has 472 valence electrons. The van der Waals surface area contributed by atoms with Crippen LogP contribution in [0.2, 0.25) is 0 Å². The van der Waals surface area contributed by atoms with E-state index >= 15 is 0 Å². The lowest BCUT2D eigenvalue weighted by atomic mass is 9.78. The van der Waals surface area contributed by atoms with Gasteiger partial charge in [0.25, 0.3) is 62.4 Å². The number of sulfonamides is 1. The van der Waals surface area contributed by atoms with Gasteiger partial charge >= 0.3 is 5.97 Å². The first-order valence-electron chi connectivity index (χ1n) is 27.1. The molecule has 0 radical (unpaired) electrons. The van der Waals surface area contributed by atoms with Gasteiger partial charge in [0.15, 0.2) is 5.71 Å². The van der Waals surface area contributed by atoms with Crippen molar-refractivity contribution in [2.24, 2.45) is 0 Å². The van der Waals surface area contributed by atoms with Crippen molar-refractivity contribution in [1.29, 1.82) is 0 Å². The SMILES string of the molecule is CN(CCCC(=O)ON1C(=O)CCC1=O)S(=O)(=O)c1cccc2c3c(ccc12)N(CCCS(=O)(=O)O)/C(=C/C=C1\CCCC(/C=C/C2=[N+](CCCS(=O)(=O)O)c4ccc5c(S(=O)(=O)O)cc(S(=O)(=O)O)cc5c4C2(C)C)=C1SCCS(=O)(=O)O)C3(C)C. The van der Waals surface area contributed by atoms with Gasteiger partial charge in [0, 0.05) is 102 Å². The van der Waals surface area contributed by atoms with Gasteiger partial charge < -0.3 is 9.74 Å². The van der Waals surface area contributed by atoms with Crippen molar-refractivity contribution >= 4 is 129 Å². The summed E-state index contributed by atoms with van der Waals surface area (Å²) in [6, 6.07) is 12.6. The maximum atomic E-state index is 14.4. The molecule has 3 aliphatic heterocycles. The van der Waals surface area contributed by atoms with Crippen molar-refractivity contribution in [1.82, 2.24) is 9.37 Å². The normalized spacial score (nSPS) is 18.7. The molecule has 0 aromatic heterocycles. The Balaban J connectivity index is 1.21. The Kier molecular flexibility index (Phi) is 19.2. The third kappa shape index (κ3) is 14.8. The number of hydrogen-bond acceptors (Lipinski definition) is 18. The molecule has 25 nitrogen and oxygen atoms in total. The van der Waals surface area contributed by atoms with E-state index in [1.165, 1.54) is 25.2 Å². The van der Waals surface area contributed by atoms with E-state index in [-0.39, 0.29) is 79.6 Å². The van der Waals surface area contributed by atoms with Gasteiger partial charge in [-0.25, -0.2) is 17.5 Å². The van der Waals surface area contributed by atoms with Crippen LogP contribution in [0, 0.1) is 0 Å². The Bertz CT molecular complexity index is 4420. The van der Waals surface area contributed by atoms with Crippen LogP contribution in [0.3, 0.4) is 0 Å². The smallest absolute Gasteiger partial charge is 0.333 e. The van der Waals surface area contributed by atoms with E-state index in [1.54, 1.807) is 54.8 Å². The van der Waals surface area contributed by atoms with E-state index in [9.17, 15) is 87.7 Å². The second-order valence-corrected chi connectivity index (χ2v) is 33.0. The average molecular weight is 1340 g/mol. The summed E-state index contributed by atoms with van der Waals surface area (Å²) < 4.78 is 204. The van der Waals surface area contributed by atoms with Crippen LogP contribution in [-0.4, -0.2) is 160 Å². The number of hydroxylamine groups is 2. The van der Waals surface area contributed by atoms with Crippen LogP contribution in [0.5, 0.6) is 0 Å². The molecule has 0 atom stereocenters. The molecule has 1 fully saturated rings. The minimum atomic E-state index is -5.10. The molecular formula is C55H65N4O21S7+. The maximum absolute atomic E-state index is 14.4. The number of carbonyl (C=O) groups excluding carboxylic acids is 3. The molecule has 5 N–H and O–H groups in total. The van der Waals surface area contributed by atoms with Crippen molar-refractivity contribution in [2.75, 3.05) is 54.6 Å².